The number of nitrogen functional groups attached to an aromatic ring is 1. The van der Waals surface area contributed by atoms with Crippen LogP contribution in [0.25, 0.3) is 0 Å². The summed E-state index contributed by atoms with van der Waals surface area (Å²) in [6.45, 7) is 2.21. The van der Waals surface area contributed by atoms with Gasteiger partial charge in [0.25, 0.3) is 5.91 Å². The number of nitrogens with two attached hydrogens (primary N) is 1. The summed E-state index contributed by atoms with van der Waals surface area (Å²) in [5.41, 5.74) is 8.56. The summed E-state index contributed by atoms with van der Waals surface area (Å²) >= 11 is 0. The van der Waals surface area contributed by atoms with E-state index < -0.39 is 0 Å². The van der Waals surface area contributed by atoms with Gasteiger partial charge in [-0.2, -0.15) is 0 Å². The zero-order valence-corrected chi connectivity index (χ0v) is 15.2. The highest BCUT2D eigenvalue weighted by atomic mass is 16.5. The summed E-state index contributed by atoms with van der Waals surface area (Å²) in [6, 6.07) is 14.4. The Kier molecular flexibility index (Phi) is 7.38. The third-order valence-corrected chi connectivity index (χ3v) is 4.14. The molecular weight excluding hydrogens is 328 g/mol. The van der Waals surface area contributed by atoms with Gasteiger partial charge in [-0.3, -0.25) is 4.79 Å². The molecule has 0 radical (unpaired) electrons. The number of amides is 1. The van der Waals surface area contributed by atoms with E-state index in [2.05, 4.69) is 12.2 Å². The fraction of sp³-hybridized carbons (Fsp3) is 0.286. The second kappa shape index (κ2) is 9.75. The van der Waals surface area contributed by atoms with Crippen molar-refractivity contribution in [3.63, 3.8) is 0 Å². The van der Waals surface area contributed by atoms with Gasteiger partial charge in [-0.1, -0.05) is 31.2 Å². The fourth-order valence-electron chi connectivity index (χ4n) is 2.73. The average molecular weight is 354 g/mol. The average Bonchev–Trinajstić information content (AvgIpc) is 2.64. The van der Waals surface area contributed by atoms with Crippen molar-refractivity contribution < 1.29 is 14.6 Å². The van der Waals surface area contributed by atoms with Gasteiger partial charge in [-0.05, 0) is 48.4 Å². The normalized spacial score (nSPS) is 13.5. The first-order valence-electron chi connectivity index (χ1n) is 8.62. The van der Waals surface area contributed by atoms with Gasteiger partial charge >= 0.3 is 0 Å². The van der Waals surface area contributed by atoms with Crippen LogP contribution in [0, 0.1) is 5.92 Å². The maximum Gasteiger partial charge on any atom is 0.255 e. The van der Waals surface area contributed by atoms with Crippen LogP contribution in [-0.4, -0.2) is 24.7 Å². The third kappa shape index (κ3) is 5.44. The lowest BCUT2D eigenvalue weighted by Crippen LogP contribution is -2.13. The number of anilines is 2. The molecule has 5 heteroatoms. The maximum atomic E-state index is 12.2. The molecule has 0 aliphatic rings. The number of rotatable bonds is 8. The smallest absolute Gasteiger partial charge is 0.255 e. The zero-order valence-electron chi connectivity index (χ0n) is 15.2. The molecule has 0 bridgehead atoms. The molecule has 1 amide bonds. The molecule has 0 spiro atoms. The zero-order chi connectivity index (χ0) is 18.9. The molecule has 0 heterocycles. The Labute approximate surface area is 154 Å². The number of hydrogen-bond donors (Lipinski definition) is 3. The van der Waals surface area contributed by atoms with Gasteiger partial charge in [-0.15, -0.1) is 0 Å². The van der Waals surface area contributed by atoms with Gasteiger partial charge in [0.2, 0.25) is 0 Å². The lowest BCUT2D eigenvalue weighted by Gasteiger charge is -2.21. The maximum absolute atomic E-state index is 12.2. The second-order valence-electron chi connectivity index (χ2n) is 6.15. The van der Waals surface area contributed by atoms with Crippen molar-refractivity contribution in [2.24, 2.45) is 5.92 Å². The SMILES string of the molecule is CO[C@H](c1ccc(NC(=O)c2ccc(N)cc2)cc1)[C@H](C)/C=C/CCO. The lowest BCUT2D eigenvalue weighted by molar-refractivity contribution is 0.0740. The van der Waals surface area contributed by atoms with E-state index in [9.17, 15) is 4.79 Å². The van der Waals surface area contributed by atoms with Crippen LogP contribution < -0.4 is 11.1 Å². The first-order valence-corrected chi connectivity index (χ1v) is 8.62. The minimum Gasteiger partial charge on any atom is -0.399 e. The standard InChI is InChI=1S/C21H26N2O3/c1-15(5-3-4-14-24)20(26-2)16-8-12-19(13-9-16)23-21(25)17-6-10-18(22)11-7-17/h3,5-13,15,20,24H,4,14,22H2,1-2H3,(H,23,25)/b5-3+/t15-,20+/m1/s1. The number of carbonyl (C=O) groups is 1. The molecular formula is C21H26N2O3. The topological polar surface area (TPSA) is 84.6 Å². The van der Waals surface area contributed by atoms with Crippen molar-refractivity contribution in [1.82, 2.24) is 0 Å². The van der Waals surface area contributed by atoms with Crippen LogP contribution in [0.4, 0.5) is 11.4 Å². The number of nitrogens with one attached hydrogen (secondary N) is 1. The largest absolute Gasteiger partial charge is 0.399 e. The number of benzene rings is 2. The first-order chi connectivity index (χ1) is 12.5. The highest BCUT2D eigenvalue weighted by Gasteiger charge is 2.16. The van der Waals surface area contributed by atoms with Crippen molar-refractivity contribution in [3.8, 4) is 0 Å². The lowest BCUT2D eigenvalue weighted by atomic mass is 9.96. The number of hydrogen-bond acceptors (Lipinski definition) is 4. The van der Waals surface area contributed by atoms with Crippen LogP contribution in [0.1, 0.15) is 35.4 Å². The summed E-state index contributed by atoms with van der Waals surface area (Å²) in [6.07, 6.45) is 4.54. The number of ether oxygens (including phenoxy) is 1. The molecule has 2 rings (SSSR count). The summed E-state index contributed by atoms with van der Waals surface area (Å²) in [4.78, 5) is 12.2. The van der Waals surface area contributed by atoms with Crippen LogP contribution in [0.3, 0.4) is 0 Å². The Balaban J connectivity index is 2.04. The quantitative estimate of drug-likeness (QED) is 0.497. The fourth-order valence-corrected chi connectivity index (χ4v) is 2.73. The molecule has 0 saturated carbocycles. The predicted molar refractivity (Wildman–Crippen MR) is 105 cm³/mol. The van der Waals surface area contributed by atoms with E-state index in [4.69, 9.17) is 15.6 Å². The molecule has 0 aromatic heterocycles. The molecule has 4 N–H and O–H groups in total. The first kappa shape index (κ1) is 19.7. The molecule has 26 heavy (non-hydrogen) atoms. The summed E-state index contributed by atoms with van der Waals surface area (Å²) < 4.78 is 5.62. The Hall–Kier alpha value is -2.63. The van der Waals surface area contributed by atoms with Gasteiger partial charge in [0.05, 0.1) is 6.10 Å². The second-order valence-corrected chi connectivity index (χ2v) is 6.15. The van der Waals surface area contributed by atoms with Crippen LogP contribution in [0.5, 0.6) is 0 Å². The number of aliphatic hydroxyl groups excluding tert-OH is 1. The van der Waals surface area contributed by atoms with Gasteiger partial charge < -0.3 is 20.9 Å². The van der Waals surface area contributed by atoms with Crippen molar-refractivity contribution in [1.29, 1.82) is 0 Å². The van der Waals surface area contributed by atoms with Crippen molar-refractivity contribution in [2.75, 3.05) is 24.8 Å². The van der Waals surface area contributed by atoms with Gasteiger partial charge in [0, 0.05) is 36.6 Å². The Morgan fingerprint density at radius 2 is 1.85 bits per heavy atom. The van der Waals surface area contributed by atoms with Crippen molar-refractivity contribution in [3.05, 3.63) is 71.8 Å². The molecule has 0 saturated heterocycles. The van der Waals surface area contributed by atoms with Crippen LogP contribution in [0.15, 0.2) is 60.7 Å². The Morgan fingerprint density at radius 3 is 2.42 bits per heavy atom. The van der Waals surface area contributed by atoms with E-state index in [0.29, 0.717) is 23.4 Å². The molecule has 0 fully saturated rings. The molecule has 2 aromatic rings. The van der Waals surface area contributed by atoms with Crippen LogP contribution in [0.2, 0.25) is 0 Å². The molecule has 5 nitrogen and oxygen atoms in total. The summed E-state index contributed by atoms with van der Waals surface area (Å²) in [5.74, 6) is -0.0110. The monoisotopic (exact) mass is 354 g/mol. The van der Waals surface area contributed by atoms with Gasteiger partial charge in [0.15, 0.2) is 0 Å². The van der Waals surface area contributed by atoms with E-state index in [1.165, 1.54) is 0 Å². The number of aliphatic hydroxyl groups is 1. The molecule has 0 aliphatic carbocycles. The van der Waals surface area contributed by atoms with Crippen molar-refractivity contribution >= 4 is 17.3 Å². The van der Waals surface area contributed by atoms with E-state index >= 15 is 0 Å². The van der Waals surface area contributed by atoms with E-state index in [1.54, 1.807) is 31.4 Å². The van der Waals surface area contributed by atoms with Gasteiger partial charge in [0.1, 0.15) is 0 Å². The minimum atomic E-state index is -0.179. The summed E-state index contributed by atoms with van der Waals surface area (Å²) in [5, 5.41) is 11.7. The van der Waals surface area contributed by atoms with E-state index in [1.807, 2.05) is 36.4 Å². The molecule has 138 valence electrons. The number of methoxy groups -OCH3 is 1. The molecule has 0 aliphatic heterocycles. The van der Waals surface area contributed by atoms with Crippen LogP contribution >= 0.6 is 0 Å². The summed E-state index contributed by atoms with van der Waals surface area (Å²) in [7, 11) is 1.68. The van der Waals surface area contributed by atoms with E-state index in [0.717, 1.165) is 5.56 Å². The Morgan fingerprint density at radius 1 is 1.19 bits per heavy atom. The van der Waals surface area contributed by atoms with Crippen LogP contribution in [-0.2, 0) is 4.74 Å². The molecule has 2 aromatic carbocycles. The van der Waals surface area contributed by atoms with Crippen molar-refractivity contribution in [2.45, 2.75) is 19.4 Å². The third-order valence-electron chi connectivity index (χ3n) is 4.14. The van der Waals surface area contributed by atoms with E-state index in [-0.39, 0.29) is 24.5 Å². The Bertz CT molecular complexity index is 724. The number of carbonyl (C=O) groups excluding carboxylic acids is 1. The minimum absolute atomic E-state index is 0.0909. The molecule has 0 unspecified atom stereocenters. The van der Waals surface area contributed by atoms with Gasteiger partial charge in [-0.25, -0.2) is 0 Å². The highest BCUT2D eigenvalue weighted by Crippen LogP contribution is 2.27. The highest BCUT2D eigenvalue weighted by molar-refractivity contribution is 6.04. The molecule has 2 atom stereocenters. The predicted octanol–water partition coefficient (Wildman–Crippen LogP) is 3.78.